The van der Waals surface area contributed by atoms with Crippen molar-refractivity contribution in [3.05, 3.63) is 57.9 Å². The van der Waals surface area contributed by atoms with E-state index in [1.165, 1.54) is 23.2 Å². The lowest BCUT2D eigenvalue weighted by molar-refractivity contribution is -0.237. The SMILES string of the molecule is CC(=O)OCC1OC(SC2=N/C(=C/c3cccs3)C(=O)N2c2ccc(C)cc2)C(OC(C)=O)C(OC(C)=O)C1OC(C)=O. The second kappa shape index (κ2) is 14.0. The summed E-state index contributed by atoms with van der Waals surface area (Å²) < 4.78 is 27.9. The van der Waals surface area contributed by atoms with Crippen LogP contribution in [0.15, 0.2) is 52.5 Å². The average molecular weight is 631 g/mol. The van der Waals surface area contributed by atoms with E-state index in [0.717, 1.165) is 43.0 Å². The molecule has 3 heterocycles. The summed E-state index contributed by atoms with van der Waals surface area (Å²) in [5.41, 5.74) is 0.523. The van der Waals surface area contributed by atoms with Crippen molar-refractivity contribution in [2.45, 2.75) is 64.5 Å². The average Bonchev–Trinajstić information content (AvgIpc) is 3.54. The number of carbonyl (C=O) groups is 5. The number of thiophene rings is 1. The summed E-state index contributed by atoms with van der Waals surface area (Å²) in [7, 11) is 0. The van der Waals surface area contributed by atoms with E-state index in [-0.39, 0.29) is 17.5 Å². The second-order valence-electron chi connectivity index (χ2n) is 9.60. The fourth-order valence-electron chi connectivity index (χ4n) is 4.39. The number of rotatable bonds is 8. The van der Waals surface area contributed by atoms with E-state index in [1.807, 2.05) is 36.6 Å². The van der Waals surface area contributed by atoms with Gasteiger partial charge in [-0.2, -0.15) is 0 Å². The highest BCUT2D eigenvalue weighted by molar-refractivity contribution is 8.14. The zero-order valence-electron chi connectivity index (χ0n) is 24.0. The molecule has 14 heteroatoms. The number of carbonyl (C=O) groups excluding carboxylic acids is 5. The van der Waals surface area contributed by atoms with E-state index in [0.29, 0.717) is 5.69 Å². The smallest absolute Gasteiger partial charge is 0.303 e. The van der Waals surface area contributed by atoms with Gasteiger partial charge < -0.3 is 23.7 Å². The third kappa shape index (κ3) is 8.09. The van der Waals surface area contributed by atoms with Gasteiger partial charge in [0.05, 0.1) is 5.69 Å². The lowest BCUT2D eigenvalue weighted by Gasteiger charge is -2.44. The Balaban J connectivity index is 1.78. The van der Waals surface area contributed by atoms with E-state index in [2.05, 4.69) is 4.99 Å². The fraction of sp³-hybridized carbons (Fsp3) is 0.379. The van der Waals surface area contributed by atoms with Crippen LogP contribution in [0.3, 0.4) is 0 Å². The number of aliphatic imine (C=N–C) groups is 1. The number of anilines is 1. The lowest BCUT2D eigenvalue weighted by Crippen LogP contribution is -2.61. The van der Waals surface area contributed by atoms with Gasteiger partial charge >= 0.3 is 23.9 Å². The summed E-state index contributed by atoms with van der Waals surface area (Å²) in [5.74, 6) is -3.22. The van der Waals surface area contributed by atoms with Crippen molar-refractivity contribution in [1.29, 1.82) is 0 Å². The van der Waals surface area contributed by atoms with Crippen LogP contribution in [0.1, 0.15) is 38.1 Å². The fourth-order valence-corrected chi connectivity index (χ4v) is 6.24. The molecule has 2 aromatic rings. The Hall–Kier alpha value is -4.01. The first-order valence-corrected chi connectivity index (χ1v) is 14.9. The van der Waals surface area contributed by atoms with Crippen molar-refractivity contribution >= 4 is 69.8 Å². The third-order valence-electron chi connectivity index (χ3n) is 6.11. The van der Waals surface area contributed by atoms with Crippen molar-refractivity contribution in [3.8, 4) is 0 Å². The quantitative estimate of drug-likeness (QED) is 0.239. The molecule has 1 aromatic heterocycles. The lowest BCUT2D eigenvalue weighted by atomic mass is 9.99. The van der Waals surface area contributed by atoms with Crippen LogP contribution in [0, 0.1) is 6.92 Å². The van der Waals surface area contributed by atoms with Crippen molar-refractivity contribution < 1.29 is 47.7 Å². The Kier molecular flexibility index (Phi) is 10.4. The molecule has 0 aliphatic carbocycles. The number of benzene rings is 1. The van der Waals surface area contributed by atoms with Crippen molar-refractivity contribution in [2.24, 2.45) is 4.99 Å². The van der Waals surface area contributed by atoms with Crippen LogP contribution < -0.4 is 4.90 Å². The van der Waals surface area contributed by atoms with Crippen LogP contribution >= 0.6 is 23.1 Å². The predicted molar refractivity (Wildman–Crippen MR) is 158 cm³/mol. The summed E-state index contributed by atoms with van der Waals surface area (Å²) in [6.45, 7) is 6.20. The molecule has 1 amide bonds. The Bertz CT molecular complexity index is 1440. The summed E-state index contributed by atoms with van der Waals surface area (Å²) in [6, 6.07) is 10.9. The minimum atomic E-state index is -1.34. The molecule has 1 aromatic carbocycles. The van der Waals surface area contributed by atoms with Gasteiger partial charge in [0.15, 0.2) is 28.9 Å². The molecule has 0 saturated carbocycles. The van der Waals surface area contributed by atoms with Gasteiger partial charge in [-0.3, -0.25) is 28.9 Å². The van der Waals surface area contributed by atoms with Gasteiger partial charge in [0.2, 0.25) is 0 Å². The van der Waals surface area contributed by atoms with E-state index in [1.54, 1.807) is 18.2 Å². The monoisotopic (exact) mass is 630 g/mol. The Labute approximate surface area is 256 Å². The Morgan fingerprint density at radius 1 is 0.930 bits per heavy atom. The first-order valence-electron chi connectivity index (χ1n) is 13.1. The first kappa shape index (κ1) is 31.9. The Morgan fingerprint density at radius 3 is 2.14 bits per heavy atom. The highest BCUT2D eigenvalue weighted by Crippen LogP contribution is 2.39. The number of amidine groups is 1. The van der Waals surface area contributed by atoms with E-state index >= 15 is 0 Å². The van der Waals surface area contributed by atoms with Gasteiger partial charge in [-0.25, -0.2) is 4.99 Å². The molecule has 5 unspecified atom stereocenters. The van der Waals surface area contributed by atoms with Gasteiger partial charge in [0.1, 0.15) is 18.4 Å². The van der Waals surface area contributed by atoms with Gasteiger partial charge in [0, 0.05) is 32.6 Å². The summed E-state index contributed by atoms with van der Waals surface area (Å²) in [4.78, 5) is 68.6. The molecular weight excluding hydrogens is 600 g/mol. The minimum Gasteiger partial charge on any atom is -0.463 e. The molecule has 5 atom stereocenters. The number of amides is 1. The third-order valence-corrected chi connectivity index (χ3v) is 8.03. The van der Waals surface area contributed by atoms with E-state index in [9.17, 15) is 24.0 Å². The number of aryl methyl sites for hydroxylation is 1. The normalized spacial score (nSPS) is 24.3. The van der Waals surface area contributed by atoms with Crippen LogP contribution in [-0.2, 0) is 47.7 Å². The molecule has 1 fully saturated rings. The highest BCUT2D eigenvalue weighted by Gasteiger charge is 2.53. The first-order chi connectivity index (χ1) is 20.4. The largest absolute Gasteiger partial charge is 0.463 e. The van der Waals surface area contributed by atoms with Crippen LogP contribution in [-0.4, -0.2) is 71.4 Å². The Morgan fingerprint density at radius 2 is 1.56 bits per heavy atom. The predicted octanol–water partition coefficient (Wildman–Crippen LogP) is 3.62. The maximum absolute atomic E-state index is 13.7. The summed E-state index contributed by atoms with van der Waals surface area (Å²) >= 11 is 2.38. The number of thioether (sulfide) groups is 1. The molecule has 4 rings (SSSR count). The maximum Gasteiger partial charge on any atom is 0.303 e. The summed E-state index contributed by atoms with van der Waals surface area (Å²) in [6.07, 6.45) is -3.42. The number of ether oxygens (including phenoxy) is 5. The molecular formula is C29H30N2O10S2. The minimum absolute atomic E-state index is 0.163. The van der Waals surface area contributed by atoms with Crippen molar-refractivity contribution in [3.63, 3.8) is 0 Å². The van der Waals surface area contributed by atoms with Gasteiger partial charge in [-0.05, 0) is 36.6 Å². The molecule has 43 heavy (non-hydrogen) atoms. The zero-order valence-corrected chi connectivity index (χ0v) is 25.6. The van der Waals surface area contributed by atoms with E-state index < -0.39 is 59.6 Å². The van der Waals surface area contributed by atoms with Crippen LogP contribution in [0.2, 0.25) is 0 Å². The topological polar surface area (TPSA) is 147 Å². The van der Waals surface area contributed by atoms with E-state index in [4.69, 9.17) is 23.7 Å². The van der Waals surface area contributed by atoms with Gasteiger partial charge in [-0.15, -0.1) is 11.3 Å². The molecule has 2 aliphatic rings. The molecule has 228 valence electrons. The summed E-state index contributed by atoms with van der Waals surface area (Å²) in [5, 5.41) is 2.07. The standard InChI is InChI=1S/C29H30N2O10S2/c1-15-8-10-20(11-9-15)31-27(36)22(13-21-7-6-12-42-21)30-29(31)43-28-26(40-19(5)35)25(39-18(4)34)24(38-17(3)33)23(41-28)14-37-16(2)32/h6-13,23-26,28H,14H2,1-5H3/b22-13+. The van der Waals surface area contributed by atoms with Gasteiger partial charge in [0.25, 0.3) is 5.91 Å². The van der Waals surface area contributed by atoms with Gasteiger partial charge in [-0.1, -0.05) is 35.5 Å². The van der Waals surface area contributed by atoms with Crippen LogP contribution in [0.25, 0.3) is 6.08 Å². The molecule has 12 nitrogen and oxygen atoms in total. The number of nitrogens with zero attached hydrogens (tertiary/aromatic N) is 2. The maximum atomic E-state index is 13.7. The number of esters is 4. The molecule has 0 N–H and O–H groups in total. The number of hydrogen-bond acceptors (Lipinski definition) is 13. The second-order valence-corrected chi connectivity index (χ2v) is 11.6. The molecule has 0 bridgehead atoms. The zero-order chi connectivity index (χ0) is 31.3. The molecule has 0 spiro atoms. The molecule has 2 aliphatic heterocycles. The van der Waals surface area contributed by atoms with Crippen LogP contribution in [0.5, 0.6) is 0 Å². The van der Waals surface area contributed by atoms with Crippen molar-refractivity contribution in [1.82, 2.24) is 0 Å². The molecule has 1 saturated heterocycles. The number of hydrogen-bond donors (Lipinski definition) is 0. The van der Waals surface area contributed by atoms with Crippen molar-refractivity contribution in [2.75, 3.05) is 11.5 Å². The molecule has 0 radical (unpaired) electrons. The van der Waals surface area contributed by atoms with Crippen LogP contribution in [0.4, 0.5) is 5.69 Å². The highest BCUT2D eigenvalue weighted by atomic mass is 32.2.